The summed E-state index contributed by atoms with van der Waals surface area (Å²) in [7, 11) is 0. The zero-order valence-electron chi connectivity index (χ0n) is 12.7. The number of benzene rings is 1. The van der Waals surface area contributed by atoms with Crippen LogP contribution in [0.2, 0.25) is 0 Å². The largest absolute Gasteiger partial charge is 0.327 e. The van der Waals surface area contributed by atoms with E-state index in [1.807, 2.05) is 12.1 Å². The number of hydrogen-bond donors (Lipinski definition) is 2. The predicted molar refractivity (Wildman–Crippen MR) is 87.2 cm³/mol. The summed E-state index contributed by atoms with van der Waals surface area (Å²) in [5.74, 6) is 0.634. The molecule has 1 aromatic heterocycles. The van der Waals surface area contributed by atoms with Crippen LogP contribution in [0.15, 0.2) is 41.3 Å². The minimum atomic E-state index is -0.135. The Morgan fingerprint density at radius 1 is 1.27 bits per heavy atom. The number of amides is 1. The van der Waals surface area contributed by atoms with Gasteiger partial charge in [0, 0.05) is 11.8 Å². The highest BCUT2D eigenvalue weighted by atomic mass is 16.1. The van der Waals surface area contributed by atoms with Crippen LogP contribution < -0.4 is 10.9 Å². The number of aromatic nitrogens is 1. The van der Waals surface area contributed by atoms with Gasteiger partial charge in [0.15, 0.2) is 0 Å². The zero-order chi connectivity index (χ0) is 15.5. The van der Waals surface area contributed by atoms with E-state index >= 15 is 0 Å². The molecule has 0 radical (unpaired) electrons. The van der Waals surface area contributed by atoms with Gasteiger partial charge in [0.1, 0.15) is 0 Å². The number of rotatable bonds is 4. The third-order valence-corrected chi connectivity index (χ3v) is 4.29. The van der Waals surface area contributed by atoms with E-state index in [0.717, 1.165) is 5.56 Å². The molecule has 1 heterocycles. The first-order valence-corrected chi connectivity index (χ1v) is 7.70. The third kappa shape index (κ3) is 3.27. The summed E-state index contributed by atoms with van der Waals surface area (Å²) in [4.78, 5) is 26.0. The molecule has 4 nitrogen and oxygen atoms in total. The molecule has 1 saturated carbocycles. The van der Waals surface area contributed by atoms with Crippen LogP contribution in [0, 0.1) is 6.92 Å². The van der Waals surface area contributed by atoms with Gasteiger partial charge in [-0.3, -0.25) is 9.59 Å². The Bertz CT molecular complexity index is 727. The second-order valence-electron chi connectivity index (χ2n) is 5.99. The zero-order valence-corrected chi connectivity index (χ0v) is 12.7. The van der Waals surface area contributed by atoms with Gasteiger partial charge in [-0.05, 0) is 42.9 Å². The molecule has 1 aromatic carbocycles. The molecule has 1 aliphatic rings. The van der Waals surface area contributed by atoms with Crippen LogP contribution in [-0.2, 0) is 11.2 Å². The van der Waals surface area contributed by atoms with Crippen molar-refractivity contribution in [3.05, 3.63) is 63.6 Å². The molecule has 0 saturated heterocycles. The van der Waals surface area contributed by atoms with Crippen LogP contribution in [0.25, 0.3) is 0 Å². The van der Waals surface area contributed by atoms with Crippen molar-refractivity contribution in [2.24, 2.45) is 0 Å². The minimum Gasteiger partial charge on any atom is -0.327 e. The average Bonchev–Trinajstić information content (AvgIpc) is 2.43. The Hall–Kier alpha value is -2.36. The molecular weight excluding hydrogens is 276 g/mol. The highest BCUT2D eigenvalue weighted by molar-refractivity contribution is 5.92. The van der Waals surface area contributed by atoms with Crippen LogP contribution >= 0.6 is 0 Å². The van der Waals surface area contributed by atoms with E-state index in [4.69, 9.17) is 0 Å². The number of aryl methyl sites for hydroxylation is 1. The Kier molecular flexibility index (Phi) is 4.09. The van der Waals surface area contributed by atoms with E-state index in [1.165, 1.54) is 31.0 Å². The van der Waals surface area contributed by atoms with Crippen LogP contribution in [-0.4, -0.2) is 10.9 Å². The van der Waals surface area contributed by atoms with Gasteiger partial charge in [-0.25, -0.2) is 0 Å². The predicted octanol–water partition coefficient (Wildman–Crippen LogP) is 3.13. The van der Waals surface area contributed by atoms with Crippen molar-refractivity contribution in [3.8, 4) is 0 Å². The normalized spacial score (nSPS) is 14.4. The Morgan fingerprint density at radius 2 is 2.00 bits per heavy atom. The van der Waals surface area contributed by atoms with Gasteiger partial charge >= 0.3 is 0 Å². The van der Waals surface area contributed by atoms with Crippen LogP contribution in [0.1, 0.15) is 41.9 Å². The van der Waals surface area contributed by atoms with Gasteiger partial charge in [-0.15, -0.1) is 0 Å². The lowest BCUT2D eigenvalue weighted by molar-refractivity contribution is -0.115. The van der Waals surface area contributed by atoms with Crippen molar-refractivity contribution in [2.45, 2.75) is 38.5 Å². The molecule has 2 N–H and O–H groups in total. The van der Waals surface area contributed by atoms with Gasteiger partial charge < -0.3 is 10.3 Å². The molecule has 4 heteroatoms. The van der Waals surface area contributed by atoms with Gasteiger partial charge in [0.25, 0.3) is 5.56 Å². The lowest BCUT2D eigenvalue weighted by Gasteiger charge is -2.25. The summed E-state index contributed by atoms with van der Waals surface area (Å²) in [6.45, 7) is 1.72. The number of H-pyrrole nitrogens is 1. The van der Waals surface area contributed by atoms with E-state index in [0.29, 0.717) is 23.6 Å². The fourth-order valence-electron chi connectivity index (χ4n) is 2.71. The van der Waals surface area contributed by atoms with Crippen molar-refractivity contribution < 1.29 is 4.79 Å². The standard InChI is InChI=1S/C18H20N2O2/c1-12-9-16(11-19-18(12)22)20-17(21)10-13-5-7-15(8-6-13)14-3-2-4-14/h5-9,11,14H,2-4,10H2,1H3,(H,19,22)(H,20,21). The van der Waals surface area contributed by atoms with E-state index in [1.54, 1.807) is 13.0 Å². The van der Waals surface area contributed by atoms with Crippen molar-refractivity contribution in [3.63, 3.8) is 0 Å². The van der Waals surface area contributed by atoms with Gasteiger partial charge in [0.2, 0.25) is 5.91 Å². The molecule has 0 aliphatic heterocycles. The molecule has 114 valence electrons. The molecule has 0 atom stereocenters. The first-order chi connectivity index (χ1) is 10.6. The van der Waals surface area contributed by atoms with Crippen LogP contribution in [0.3, 0.4) is 0 Å². The maximum Gasteiger partial charge on any atom is 0.250 e. The Morgan fingerprint density at radius 3 is 2.59 bits per heavy atom. The number of aromatic amines is 1. The molecule has 22 heavy (non-hydrogen) atoms. The number of nitrogens with one attached hydrogen (secondary N) is 2. The summed E-state index contributed by atoms with van der Waals surface area (Å²) in [5.41, 5.74) is 3.45. The molecule has 3 rings (SSSR count). The van der Waals surface area contributed by atoms with Crippen molar-refractivity contribution in [2.75, 3.05) is 5.32 Å². The SMILES string of the molecule is Cc1cc(NC(=O)Cc2ccc(C3CCC3)cc2)c[nH]c1=O. The van der Waals surface area contributed by atoms with E-state index < -0.39 is 0 Å². The number of pyridine rings is 1. The van der Waals surface area contributed by atoms with Crippen molar-refractivity contribution in [1.29, 1.82) is 0 Å². The summed E-state index contributed by atoms with van der Waals surface area (Å²) in [6.07, 6.45) is 5.75. The fraction of sp³-hybridized carbons (Fsp3) is 0.333. The van der Waals surface area contributed by atoms with Gasteiger partial charge in [-0.2, -0.15) is 0 Å². The van der Waals surface area contributed by atoms with Gasteiger partial charge in [0.05, 0.1) is 12.1 Å². The molecule has 0 spiro atoms. The number of hydrogen-bond acceptors (Lipinski definition) is 2. The van der Waals surface area contributed by atoms with E-state index in [9.17, 15) is 9.59 Å². The topological polar surface area (TPSA) is 62.0 Å². The minimum absolute atomic E-state index is 0.0807. The van der Waals surface area contributed by atoms with Gasteiger partial charge in [-0.1, -0.05) is 30.7 Å². The smallest absolute Gasteiger partial charge is 0.250 e. The van der Waals surface area contributed by atoms with Crippen molar-refractivity contribution >= 4 is 11.6 Å². The lowest BCUT2D eigenvalue weighted by Crippen LogP contribution is -2.17. The number of anilines is 1. The highest BCUT2D eigenvalue weighted by Gasteiger charge is 2.19. The summed E-state index contributed by atoms with van der Waals surface area (Å²) < 4.78 is 0. The van der Waals surface area contributed by atoms with Crippen LogP contribution in [0.4, 0.5) is 5.69 Å². The molecule has 0 unspecified atom stereocenters. The second kappa shape index (κ2) is 6.18. The summed E-state index contributed by atoms with van der Waals surface area (Å²) >= 11 is 0. The fourth-order valence-corrected chi connectivity index (χ4v) is 2.71. The molecule has 2 aromatic rings. The maximum absolute atomic E-state index is 12.1. The number of carbonyl (C=O) groups excluding carboxylic acids is 1. The highest BCUT2D eigenvalue weighted by Crippen LogP contribution is 2.36. The first kappa shape index (κ1) is 14.6. The molecule has 1 amide bonds. The van der Waals surface area contributed by atoms with Crippen molar-refractivity contribution in [1.82, 2.24) is 4.98 Å². The Labute approximate surface area is 129 Å². The molecule has 0 bridgehead atoms. The van der Waals surface area contributed by atoms with E-state index in [-0.39, 0.29) is 11.5 Å². The number of carbonyl (C=O) groups is 1. The molecule has 1 fully saturated rings. The maximum atomic E-state index is 12.1. The second-order valence-corrected chi connectivity index (χ2v) is 5.99. The lowest BCUT2D eigenvalue weighted by atomic mass is 9.80. The molecule has 1 aliphatic carbocycles. The summed E-state index contributed by atoms with van der Waals surface area (Å²) in [5, 5.41) is 2.81. The average molecular weight is 296 g/mol. The Balaban J connectivity index is 1.61. The van der Waals surface area contributed by atoms with Crippen LogP contribution in [0.5, 0.6) is 0 Å². The first-order valence-electron chi connectivity index (χ1n) is 7.70. The quantitative estimate of drug-likeness (QED) is 0.910. The monoisotopic (exact) mass is 296 g/mol. The summed E-state index contributed by atoms with van der Waals surface area (Å²) in [6, 6.07) is 10.0. The molecular formula is C18H20N2O2. The van der Waals surface area contributed by atoms with E-state index in [2.05, 4.69) is 22.4 Å². The third-order valence-electron chi connectivity index (χ3n) is 4.29.